The van der Waals surface area contributed by atoms with Crippen LogP contribution in [0.1, 0.15) is 43.7 Å². The van der Waals surface area contributed by atoms with Gasteiger partial charge in [0.1, 0.15) is 5.75 Å². The molecule has 0 spiro atoms. The minimum atomic E-state index is -0.657. The Kier molecular flexibility index (Phi) is 4.55. The van der Waals surface area contributed by atoms with Gasteiger partial charge < -0.3 is 14.9 Å². The lowest BCUT2D eigenvalue weighted by molar-refractivity contribution is -0.0172. The molecule has 2 bridgehead atoms. The van der Waals surface area contributed by atoms with Crippen molar-refractivity contribution in [1.29, 1.82) is 0 Å². The molecule has 1 aliphatic heterocycles. The van der Waals surface area contributed by atoms with Crippen molar-refractivity contribution >= 4 is 0 Å². The van der Waals surface area contributed by atoms with Crippen molar-refractivity contribution < 1.29 is 14.9 Å². The van der Waals surface area contributed by atoms with Crippen LogP contribution in [-0.2, 0) is 11.8 Å². The molecule has 25 heavy (non-hydrogen) atoms. The molecule has 4 atom stereocenters. The number of piperidine rings is 1. The van der Waals surface area contributed by atoms with Crippen LogP contribution in [0.5, 0.6) is 5.75 Å². The van der Waals surface area contributed by atoms with Gasteiger partial charge in [-0.3, -0.25) is 4.90 Å². The summed E-state index contributed by atoms with van der Waals surface area (Å²) in [7, 11) is 1.71. The molecule has 1 aromatic rings. The van der Waals surface area contributed by atoms with Crippen molar-refractivity contribution in [3.8, 4) is 5.75 Å². The highest BCUT2D eigenvalue weighted by atomic mass is 16.5. The SMILES string of the molecule is COc1ccc2c(c1)[C@@]1(C[C@H](O)CO)CCN(CC3CC3)C(C2)[C@@H]1C. The van der Waals surface area contributed by atoms with E-state index in [1.165, 1.54) is 30.5 Å². The first kappa shape index (κ1) is 17.3. The Balaban J connectivity index is 1.73. The zero-order valence-corrected chi connectivity index (χ0v) is 15.4. The van der Waals surface area contributed by atoms with Crippen molar-refractivity contribution in [3.05, 3.63) is 29.3 Å². The summed E-state index contributed by atoms with van der Waals surface area (Å²) in [6.07, 6.45) is 4.90. The predicted molar refractivity (Wildman–Crippen MR) is 98.0 cm³/mol. The zero-order valence-electron chi connectivity index (χ0n) is 15.4. The summed E-state index contributed by atoms with van der Waals surface area (Å²) in [5.74, 6) is 2.27. The van der Waals surface area contributed by atoms with Gasteiger partial charge in [-0.2, -0.15) is 0 Å². The minimum Gasteiger partial charge on any atom is -0.497 e. The lowest BCUT2D eigenvalue weighted by Gasteiger charge is -2.56. The molecule has 1 unspecified atom stereocenters. The van der Waals surface area contributed by atoms with Crippen LogP contribution in [0.4, 0.5) is 0 Å². The number of rotatable bonds is 6. The number of aliphatic hydroxyl groups excluding tert-OH is 2. The van der Waals surface area contributed by atoms with Crippen molar-refractivity contribution in [1.82, 2.24) is 4.90 Å². The minimum absolute atomic E-state index is 0.0605. The van der Waals surface area contributed by atoms with E-state index in [0.29, 0.717) is 18.4 Å². The first-order valence-electron chi connectivity index (χ1n) is 9.77. The standard InChI is InChI=1S/C21H31NO3/c1-14-20-9-16-5-6-18(25-2)10-19(16)21(14,11-17(24)13-23)7-8-22(20)12-15-3-4-15/h5-6,10,14-15,17,20,23-24H,3-4,7-9,11-13H2,1-2H3/t14-,17-,20?,21+/m0/s1. The second-order valence-electron chi connectivity index (χ2n) is 8.47. The van der Waals surface area contributed by atoms with E-state index in [9.17, 15) is 10.2 Å². The molecule has 2 N–H and O–H groups in total. The Bertz CT molecular complexity index is 630. The van der Waals surface area contributed by atoms with E-state index >= 15 is 0 Å². The van der Waals surface area contributed by atoms with Crippen LogP contribution >= 0.6 is 0 Å². The van der Waals surface area contributed by atoms with E-state index in [-0.39, 0.29) is 12.0 Å². The van der Waals surface area contributed by atoms with Crippen LogP contribution in [0.15, 0.2) is 18.2 Å². The largest absolute Gasteiger partial charge is 0.497 e. The lowest BCUT2D eigenvalue weighted by atomic mass is 9.56. The van der Waals surface area contributed by atoms with Gasteiger partial charge in [0.25, 0.3) is 0 Å². The fourth-order valence-electron chi connectivity index (χ4n) is 5.40. The molecule has 0 aromatic heterocycles. The highest BCUT2D eigenvalue weighted by molar-refractivity contribution is 5.45. The van der Waals surface area contributed by atoms with Gasteiger partial charge in [0.05, 0.1) is 19.8 Å². The number of fused-ring (bicyclic) bond motifs is 4. The van der Waals surface area contributed by atoms with Crippen LogP contribution in [-0.4, -0.2) is 54.1 Å². The molecule has 2 fully saturated rings. The fraction of sp³-hybridized carbons (Fsp3) is 0.714. The first-order valence-corrected chi connectivity index (χ1v) is 9.77. The third kappa shape index (κ3) is 2.98. The number of ether oxygens (including phenoxy) is 1. The van der Waals surface area contributed by atoms with Gasteiger partial charge in [0.2, 0.25) is 0 Å². The summed E-state index contributed by atoms with van der Waals surface area (Å²) in [5.41, 5.74) is 2.68. The molecular formula is C21H31NO3. The predicted octanol–water partition coefficient (Wildman–Crippen LogP) is 2.35. The van der Waals surface area contributed by atoms with Gasteiger partial charge in [0, 0.05) is 18.0 Å². The van der Waals surface area contributed by atoms with E-state index in [1.54, 1.807) is 7.11 Å². The molecule has 4 rings (SSSR count). The summed E-state index contributed by atoms with van der Waals surface area (Å²) >= 11 is 0. The molecule has 1 saturated carbocycles. The summed E-state index contributed by atoms with van der Waals surface area (Å²) < 4.78 is 5.49. The molecule has 1 saturated heterocycles. The smallest absolute Gasteiger partial charge is 0.119 e. The van der Waals surface area contributed by atoms with Crippen molar-refractivity contribution in [2.24, 2.45) is 11.8 Å². The normalized spacial score (nSPS) is 33.0. The van der Waals surface area contributed by atoms with Crippen LogP contribution in [0.2, 0.25) is 0 Å². The van der Waals surface area contributed by atoms with E-state index in [1.807, 2.05) is 0 Å². The molecule has 4 heteroatoms. The maximum absolute atomic E-state index is 10.3. The highest BCUT2D eigenvalue weighted by Gasteiger charge is 2.52. The molecule has 0 amide bonds. The second kappa shape index (κ2) is 6.57. The molecule has 0 radical (unpaired) electrons. The van der Waals surface area contributed by atoms with E-state index in [4.69, 9.17) is 4.74 Å². The summed E-state index contributed by atoms with van der Waals surface area (Å²) in [5, 5.41) is 19.8. The summed E-state index contributed by atoms with van der Waals surface area (Å²) in [6.45, 7) is 4.53. The topological polar surface area (TPSA) is 52.9 Å². The Morgan fingerprint density at radius 1 is 1.36 bits per heavy atom. The molecule has 4 nitrogen and oxygen atoms in total. The maximum atomic E-state index is 10.3. The third-order valence-corrected chi connectivity index (χ3v) is 7.05. The Hall–Kier alpha value is -1.10. The monoisotopic (exact) mass is 345 g/mol. The van der Waals surface area contributed by atoms with Crippen LogP contribution in [0.25, 0.3) is 0 Å². The van der Waals surface area contributed by atoms with Crippen molar-refractivity contribution in [2.45, 2.75) is 56.6 Å². The number of benzene rings is 1. The first-order chi connectivity index (χ1) is 12.1. The number of aliphatic hydroxyl groups is 2. The lowest BCUT2D eigenvalue weighted by Crippen LogP contribution is -2.60. The molecule has 138 valence electrons. The number of nitrogens with zero attached hydrogens (tertiary/aromatic N) is 1. The van der Waals surface area contributed by atoms with Crippen LogP contribution < -0.4 is 4.74 Å². The molecular weight excluding hydrogens is 314 g/mol. The Morgan fingerprint density at radius 3 is 2.84 bits per heavy atom. The Labute approximate surface area is 150 Å². The number of hydrogen-bond acceptors (Lipinski definition) is 4. The third-order valence-electron chi connectivity index (χ3n) is 7.05. The summed E-state index contributed by atoms with van der Waals surface area (Å²) in [4.78, 5) is 2.71. The van der Waals surface area contributed by atoms with Crippen LogP contribution in [0, 0.1) is 11.8 Å². The van der Waals surface area contributed by atoms with Crippen LogP contribution in [0.3, 0.4) is 0 Å². The molecule has 1 heterocycles. The second-order valence-corrected chi connectivity index (χ2v) is 8.47. The van der Waals surface area contributed by atoms with Crippen molar-refractivity contribution in [2.75, 3.05) is 26.8 Å². The number of hydrogen-bond donors (Lipinski definition) is 2. The van der Waals surface area contributed by atoms with Gasteiger partial charge in [0.15, 0.2) is 0 Å². The molecule has 3 aliphatic rings. The van der Waals surface area contributed by atoms with Gasteiger partial charge >= 0.3 is 0 Å². The quantitative estimate of drug-likeness (QED) is 0.831. The fourth-order valence-corrected chi connectivity index (χ4v) is 5.40. The van der Waals surface area contributed by atoms with Crippen molar-refractivity contribution in [3.63, 3.8) is 0 Å². The van der Waals surface area contributed by atoms with Gasteiger partial charge in [-0.1, -0.05) is 13.0 Å². The number of methoxy groups -OCH3 is 1. The van der Waals surface area contributed by atoms with E-state index in [0.717, 1.165) is 31.1 Å². The van der Waals surface area contributed by atoms with E-state index in [2.05, 4.69) is 30.0 Å². The van der Waals surface area contributed by atoms with E-state index < -0.39 is 6.10 Å². The Morgan fingerprint density at radius 2 is 2.16 bits per heavy atom. The summed E-state index contributed by atoms with van der Waals surface area (Å²) in [6, 6.07) is 7.00. The number of likely N-dealkylation sites (tertiary alicyclic amines) is 1. The highest BCUT2D eigenvalue weighted by Crippen LogP contribution is 2.52. The molecule has 1 aromatic carbocycles. The average Bonchev–Trinajstić information content (AvgIpc) is 3.43. The van der Waals surface area contributed by atoms with Gasteiger partial charge in [-0.05, 0) is 73.7 Å². The maximum Gasteiger partial charge on any atom is 0.119 e. The average molecular weight is 345 g/mol. The zero-order chi connectivity index (χ0) is 17.6. The van der Waals surface area contributed by atoms with Gasteiger partial charge in [-0.25, -0.2) is 0 Å². The van der Waals surface area contributed by atoms with Gasteiger partial charge in [-0.15, -0.1) is 0 Å². The molecule has 2 aliphatic carbocycles.